The van der Waals surface area contributed by atoms with Crippen LogP contribution in [0.2, 0.25) is 0 Å². The first kappa shape index (κ1) is 11.1. The van der Waals surface area contributed by atoms with E-state index in [4.69, 9.17) is 0 Å². The van der Waals surface area contributed by atoms with Gasteiger partial charge in [-0.05, 0) is 6.07 Å². The number of ketones is 1. The van der Waals surface area contributed by atoms with Crippen molar-refractivity contribution in [3.05, 3.63) is 18.0 Å². The lowest BCUT2D eigenvalue weighted by molar-refractivity contribution is 0.0984. The molecular weight excluding hydrogens is 228 g/mol. The van der Waals surface area contributed by atoms with Gasteiger partial charge in [0, 0.05) is 30.0 Å². The molecule has 0 bridgehead atoms. The molecule has 1 aliphatic rings. The Morgan fingerprint density at radius 1 is 1.53 bits per heavy atom. The Kier molecular flexibility index (Phi) is 3.41. The Hall–Kier alpha value is -0.420. The summed E-state index contributed by atoms with van der Waals surface area (Å²) in [5.74, 6) is 2.40. The van der Waals surface area contributed by atoms with Crippen LogP contribution in [0.1, 0.15) is 17.4 Å². The summed E-state index contributed by atoms with van der Waals surface area (Å²) in [7, 11) is 1.84. The van der Waals surface area contributed by atoms with Crippen LogP contribution in [-0.2, 0) is 7.05 Å². The zero-order chi connectivity index (χ0) is 10.8. The first-order valence-electron chi connectivity index (χ1n) is 4.95. The first-order valence-corrected chi connectivity index (χ1v) is 7.05. The van der Waals surface area contributed by atoms with Crippen molar-refractivity contribution in [1.29, 1.82) is 0 Å². The van der Waals surface area contributed by atoms with Gasteiger partial charge in [0.15, 0.2) is 5.78 Å². The number of hydrogen-bond acceptors (Lipinski definition) is 4. The van der Waals surface area contributed by atoms with Gasteiger partial charge < -0.3 is 0 Å². The fourth-order valence-electron chi connectivity index (χ4n) is 1.61. The van der Waals surface area contributed by atoms with Gasteiger partial charge in [-0.1, -0.05) is 6.92 Å². The largest absolute Gasteiger partial charge is 0.291 e. The van der Waals surface area contributed by atoms with Crippen LogP contribution in [0.5, 0.6) is 0 Å². The SMILES string of the molecule is CC1SCCSC1C(=O)c1ccn(C)n1. The number of rotatable bonds is 2. The lowest BCUT2D eigenvalue weighted by Gasteiger charge is -2.25. The molecule has 3 nitrogen and oxygen atoms in total. The standard InChI is InChI=1S/C10H14N2OS2/c1-7-10(15-6-5-14-7)9(13)8-3-4-12(2)11-8/h3-4,7,10H,5-6H2,1-2H3. The van der Waals surface area contributed by atoms with E-state index in [1.54, 1.807) is 22.5 Å². The minimum Gasteiger partial charge on any atom is -0.291 e. The number of Topliss-reactive ketones (excluding diaryl/α,β-unsaturated/α-hetero) is 1. The molecule has 0 radical (unpaired) electrons. The van der Waals surface area contributed by atoms with Crippen molar-refractivity contribution < 1.29 is 4.79 Å². The number of hydrogen-bond donors (Lipinski definition) is 0. The predicted molar refractivity (Wildman–Crippen MR) is 65.7 cm³/mol. The summed E-state index contributed by atoms with van der Waals surface area (Å²) in [5, 5.41) is 4.65. The van der Waals surface area contributed by atoms with Gasteiger partial charge in [-0.15, -0.1) is 11.8 Å². The van der Waals surface area contributed by atoms with Crippen molar-refractivity contribution in [3.8, 4) is 0 Å². The Morgan fingerprint density at radius 3 is 2.87 bits per heavy atom. The van der Waals surface area contributed by atoms with Crippen LogP contribution in [-0.4, -0.2) is 37.6 Å². The number of carbonyl (C=O) groups excluding carboxylic acids is 1. The highest BCUT2D eigenvalue weighted by atomic mass is 32.2. The van der Waals surface area contributed by atoms with E-state index in [0.717, 1.165) is 11.5 Å². The maximum atomic E-state index is 12.1. The number of carbonyl (C=O) groups is 1. The number of thioether (sulfide) groups is 2. The molecule has 0 aromatic carbocycles. The van der Waals surface area contributed by atoms with E-state index in [9.17, 15) is 4.79 Å². The molecule has 5 heteroatoms. The molecule has 0 saturated carbocycles. The van der Waals surface area contributed by atoms with Crippen LogP contribution >= 0.6 is 23.5 Å². The highest BCUT2D eigenvalue weighted by Gasteiger charge is 2.30. The van der Waals surface area contributed by atoms with Crippen LogP contribution < -0.4 is 0 Å². The number of aryl methyl sites for hydroxylation is 1. The summed E-state index contributed by atoms with van der Waals surface area (Å²) in [6.45, 7) is 2.13. The molecule has 0 N–H and O–H groups in total. The van der Waals surface area contributed by atoms with Crippen molar-refractivity contribution in [2.45, 2.75) is 17.4 Å². The number of aromatic nitrogens is 2. The molecule has 1 fully saturated rings. The van der Waals surface area contributed by atoms with Gasteiger partial charge in [0.1, 0.15) is 5.69 Å². The maximum absolute atomic E-state index is 12.1. The van der Waals surface area contributed by atoms with Crippen LogP contribution in [0, 0.1) is 0 Å². The lowest BCUT2D eigenvalue weighted by Crippen LogP contribution is -2.31. The highest BCUT2D eigenvalue weighted by Crippen LogP contribution is 2.32. The molecule has 1 aliphatic heterocycles. The van der Waals surface area contributed by atoms with Gasteiger partial charge in [0.05, 0.1) is 5.25 Å². The average Bonchev–Trinajstić information content (AvgIpc) is 2.65. The molecule has 82 valence electrons. The third-order valence-electron chi connectivity index (χ3n) is 2.41. The lowest BCUT2D eigenvalue weighted by atomic mass is 10.2. The summed E-state index contributed by atoms with van der Waals surface area (Å²) < 4.78 is 1.68. The van der Waals surface area contributed by atoms with E-state index in [1.165, 1.54) is 0 Å². The maximum Gasteiger partial charge on any atom is 0.197 e. The number of nitrogens with zero attached hydrogens (tertiary/aromatic N) is 2. The summed E-state index contributed by atoms with van der Waals surface area (Å²) in [6.07, 6.45) is 1.82. The van der Waals surface area contributed by atoms with E-state index in [-0.39, 0.29) is 11.0 Å². The Balaban J connectivity index is 2.13. The van der Waals surface area contributed by atoms with E-state index in [1.807, 2.05) is 25.0 Å². The van der Waals surface area contributed by atoms with Gasteiger partial charge in [-0.3, -0.25) is 9.48 Å². The van der Waals surface area contributed by atoms with E-state index in [0.29, 0.717) is 10.9 Å². The molecule has 2 heterocycles. The van der Waals surface area contributed by atoms with Crippen molar-refractivity contribution >= 4 is 29.3 Å². The van der Waals surface area contributed by atoms with E-state index in [2.05, 4.69) is 12.0 Å². The molecule has 2 unspecified atom stereocenters. The third-order valence-corrected chi connectivity index (χ3v) is 5.50. The summed E-state index contributed by atoms with van der Waals surface area (Å²) in [4.78, 5) is 12.1. The minimum atomic E-state index is 0.0821. The topological polar surface area (TPSA) is 34.9 Å². The fraction of sp³-hybridized carbons (Fsp3) is 0.600. The molecule has 0 amide bonds. The normalized spacial score (nSPS) is 26.5. The van der Waals surface area contributed by atoms with Crippen molar-refractivity contribution in [2.24, 2.45) is 7.05 Å². The molecular formula is C10H14N2OS2. The summed E-state index contributed by atoms with van der Waals surface area (Å²) in [5.41, 5.74) is 0.601. The molecule has 0 aliphatic carbocycles. The monoisotopic (exact) mass is 242 g/mol. The molecule has 2 rings (SSSR count). The van der Waals surface area contributed by atoms with Gasteiger partial charge in [-0.2, -0.15) is 16.9 Å². The van der Waals surface area contributed by atoms with Gasteiger partial charge in [0.2, 0.25) is 0 Å². The van der Waals surface area contributed by atoms with Crippen LogP contribution in [0.15, 0.2) is 12.3 Å². The third kappa shape index (κ3) is 2.39. The van der Waals surface area contributed by atoms with Crippen molar-refractivity contribution in [1.82, 2.24) is 9.78 Å². The molecule has 0 spiro atoms. The molecule has 2 atom stereocenters. The molecule has 1 aromatic heterocycles. The van der Waals surface area contributed by atoms with Gasteiger partial charge >= 0.3 is 0 Å². The van der Waals surface area contributed by atoms with Crippen LogP contribution in [0.3, 0.4) is 0 Å². The predicted octanol–water partition coefficient (Wildman–Crippen LogP) is 1.84. The highest BCUT2D eigenvalue weighted by molar-refractivity contribution is 8.07. The first-order chi connectivity index (χ1) is 7.18. The Labute approximate surface area is 98.0 Å². The van der Waals surface area contributed by atoms with E-state index < -0.39 is 0 Å². The second kappa shape index (κ2) is 4.61. The summed E-state index contributed by atoms with van der Waals surface area (Å²) >= 11 is 3.64. The fourth-order valence-corrected chi connectivity index (χ4v) is 4.32. The van der Waals surface area contributed by atoms with Crippen LogP contribution in [0.25, 0.3) is 0 Å². The van der Waals surface area contributed by atoms with Crippen molar-refractivity contribution in [3.63, 3.8) is 0 Å². The minimum absolute atomic E-state index is 0.0821. The molecule has 1 saturated heterocycles. The van der Waals surface area contributed by atoms with Gasteiger partial charge in [0.25, 0.3) is 0 Å². The van der Waals surface area contributed by atoms with Gasteiger partial charge in [-0.25, -0.2) is 0 Å². The van der Waals surface area contributed by atoms with Crippen molar-refractivity contribution in [2.75, 3.05) is 11.5 Å². The second-order valence-corrected chi connectivity index (χ2v) is 6.34. The Bertz CT molecular complexity index is 364. The molecule has 1 aromatic rings. The zero-order valence-electron chi connectivity index (χ0n) is 8.84. The van der Waals surface area contributed by atoms with E-state index >= 15 is 0 Å². The smallest absolute Gasteiger partial charge is 0.197 e. The van der Waals surface area contributed by atoms with Crippen LogP contribution in [0.4, 0.5) is 0 Å². The summed E-state index contributed by atoms with van der Waals surface area (Å²) in [6, 6.07) is 1.80. The average molecular weight is 242 g/mol. The second-order valence-electron chi connectivity index (χ2n) is 3.61. The Morgan fingerprint density at radius 2 is 2.27 bits per heavy atom. The quantitative estimate of drug-likeness (QED) is 0.741. The molecule has 15 heavy (non-hydrogen) atoms. The zero-order valence-corrected chi connectivity index (χ0v) is 10.5.